The van der Waals surface area contributed by atoms with Crippen LogP contribution in [0, 0.1) is 0 Å². The van der Waals surface area contributed by atoms with Crippen LogP contribution >= 0.6 is 63.7 Å². The van der Waals surface area contributed by atoms with Crippen LogP contribution in [0.25, 0.3) is 11.0 Å². The summed E-state index contributed by atoms with van der Waals surface area (Å²) in [5, 5.41) is 0. The van der Waals surface area contributed by atoms with Gasteiger partial charge in [-0.1, -0.05) is 0 Å². The van der Waals surface area contributed by atoms with Gasteiger partial charge in [0.2, 0.25) is 0 Å². The van der Waals surface area contributed by atoms with E-state index in [2.05, 4.69) is 68.7 Å². The fourth-order valence-electron chi connectivity index (χ4n) is 1.60. The minimum Gasteiger partial charge on any atom is -0.462 e. The number of nitrogens with zero attached hydrogens (tertiary/aromatic N) is 2. The van der Waals surface area contributed by atoms with Gasteiger partial charge < -0.3 is 4.74 Å². The third-order valence-electron chi connectivity index (χ3n) is 2.39. The summed E-state index contributed by atoms with van der Waals surface area (Å²) in [4.78, 5) is 4.53. The molecule has 0 unspecified atom stereocenters. The van der Waals surface area contributed by atoms with Crippen LogP contribution in [0.3, 0.4) is 0 Å². The second-order valence-corrected chi connectivity index (χ2v) is 7.25. The van der Waals surface area contributed by atoms with Gasteiger partial charge in [-0.2, -0.15) is 4.98 Å². The molecule has 2 rings (SSSR count). The molecule has 0 bridgehead atoms. The van der Waals surface area contributed by atoms with Gasteiger partial charge in [-0.15, -0.1) is 0 Å². The lowest BCUT2D eigenvalue weighted by molar-refractivity contribution is 0.216. The van der Waals surface area contributed by atoms with Crippen molar-refractivity contribution in [1.82, 2.24) is 9.55 Å². The zero-order chi connectivity index (χ0) is 13.6. The third kappa shape index (κ3) is 2.39. The van der Waals surface area contributed by atoms with Crippen LogP contribution in [0.15, 0.2) is 17.9 Å². The van der Waals surface area contributed by atoms with Crippen molar-refractivity contribution in [2.45, 2.75) is 20.0 Å². The highest BCUT2D eigenvalue weighted by Crippen LogP contribution is 2.44. The SMILES string of the molecule is CC(C)Oc1nc2c(Br)c(Br)c(Br)c(Br)c2n1C. The minimum atomic E-state index is 0.0879. The lowest BCUT2D eigenvalue weighted by Crippen LogP contribution is -2.09. The summed E-state index contributed by atoms with van der Waals surface area (Å²) in [5.74, 6) is 0. The molecule has 2 aromatic rings. The monoisotopic (exact) mass is 502 g/mol. The first-order chi connectivity index (χ1) is 8.34. The smallest absolute Gasteiger partial charge is 0.297 e. The molecule has 0 aliphatic rings. The van der Waals surface area contributed by atoms with Crippen molar-refractivity contribution < 1.29 is 4.74 Å². The predicted molar refractivity (Wildman–Crippen MR) is 87.3 cm³/mol. The van der Waals surface area contributed by atoms with Crippen LogP contribution in [-0.4, -0.2) is 15.7 Å². The van der Waals surface area contributed by atoms with Gasteiger partial charge in [-0.3, -0.25) is 4.57 Å². The molecule has 0 saturated carbocycles. The number of aryl methyl sites for hydroxylation is 1. The Morgan fingerprint density at radius 2 is 1.56 bits per heavy atom. The fraction of sp³-hybridized carbons (Fsp3) is 0.364. The Morgan fingerprint density at radius 1 is 1.00 bits per heavy atom. The second kappa shape index (κ2) is 5.42. The fourth-order valence-corrected chi connectivity index (χ4v) is 4.03. The topological polar surface area (TPSA) is 27.1 Å². The van der Waals surface area contributed by atoms with E-state index in [-0.39, 0.29) is 6.10 Å². The van der Waals surface area contributed by atoms with Gasteiger partial charge in [0.15, 0.2) is 0 Å². The molecular formula is C11H10Br4N2O. The molecule has 98 valence electrons. The van der Waals surface area contributed by atoms with Crippen molar-refractivity contribution in [2.75, 3.05) is 0 Å². The van der Waals surface area contributed by atoms with Gasteiger partial charge in [-0.05, 0) is 77.6 Å². The van der Waals surface area contributed by atoms with Gasteiger partial charge in [0, 0.05) is 16.0 Å². The van der Waals surface area contributed by atoms with E-state index in [1.54, 1.807) is 0 Å². The Bertz CT molecular complexity index is 622. The molecule has 1 aromatic carbocycles. The molecule has 0 saturated heterocycles. The van der Waals surface area contributed by atoms with Gasteiger partial charge in [-0.25, -0.2) is 0 Å². The van der Waals surface area contributed by atoms with Crippen LogP contribution in [-0.2, 0) is 7.05 Å². The van der Waals surface area contributed by atoms with Crippen molar-refractivity contribution in [2.24, 2.45) is 7.05 Å². The maximum atomic E-state index is 5.70. The molecule has 18 heavy (non-hydrogen) atoms. The normalized spacial score (nSPS) is 11.6. The van der Waals surface area contributed by atoms with E-state index in [1.165, 1.54) is 0 Å². The number of imidazole rings is 1. The highest BCUT2D eigenvalue weighted by Gasteiger charge is 2.20. The molecule has 0 aliphatic heterocycles. The summed E-state index contributed by atoms with van der Waals surface area (Å²) >= 11 is 14.2. The van der Waals surface area contributed by atoms with Gasteiger partial charge in [0.25, 0.3) is 6.01 Å². The van der Waals surface area contributed by atoms with E-state index in [1.807, 2.05) is 25.5 Å². The first-order valence-electron chi connectivity index (χ1n) is 5.19. The lowest BCUT2D eigenvalue weighted by atomic mass is 10.3. The van der Waals surface area contributed by atoms with Crippen molar-refractivity contribution >= 4 is 74.8 Å². The average Bonchev–Trinajstić information content (AvgIpc) is 2.61. The van der Waals surface area contributed by atoms with Gasteiger partial charge in [0.05, 0.1) is 20.6 Å². The molecule has 1 heterocycles. The maximum Gasteiger partial charge on any atom is 0.297 e. The number of benzene rings is 1. The van der Waals surface area contributed by atoms with Crippen molar-refractivity contribution in [3.8, 4) is 6.01 Å². The first kappa shape index (κ1) is 14.8. The summed E-state index contributed by atoms with van der Waals surface area (Å²) < 4.78 is 11.4. The number of rotatable bonds is 2. The van der Waals surface area contributed by atoms with Crippen molar-refractivity contribution in [1.29, 1.82) is 0 Å². The highest BCUT2D eigenvalue weighted by atomic mass is 79.9. The molecule has 0 spiro atoms. The van der Waals surface area contributed by atoms with E-state index in [0.717, 1.165) is 28.9 Å². The molecule has 0 radical (unpaired) electrons. The van der Waals surface area contributed by atoms with Gasteiger partial charge >= 0.3 is 0 Å². The Hall–Kier alpha value is 0.410. The number of fused-ring (bicyclic) bond motifs is 1. The molecule has 0 N–H and O–H groups in total. The van der Waals surface area contributed by atoms with Crippen molar-refractivity contribution in [3.63, 3.8) is 0 Å². The van der Waals surface area contributed by atoms with E-state index in [0.29, 0.717) is 6.01 Å². The summed E-state index contributed by atoms with van der Waals surface area (Å²) in [7, 11) is 1.94. The molecule has 7 heteroatoms. The van der Waals surface area contributed by atoms with Crippen LogP contribution < -0.4 is 4.74 Å². The van der Waals surface area contributed by atoms with E-state index < -0.39 is 0 Å². The molecule has 0 amide bonds. The van der Waals surface area contributed by atoms with Crippen LogP contribution in [0.5, 0.6) is 6.01 Å². The summed E-state index contributed by atoms with van der Waals surface area (Å²) in [6.07, 6.45) is 0.0879. The summed E-state index contributed by atoms with van der Waals surface area (Å²) in [6.45, 7) is 3.96. The zero-order valence-corrected chi connectivity index (χ0v) is 16.2. The van der Waals surface area contributed by atoms with Crippen LogP contribution in [0.2, 0.25) is 0 Å². The largest absolute Gasteiger partial charge is 0.462 e. The van der Waals surface area contributed by atoms with Crippen LogP contribution in [0.4, 0.5) is 0 Å². The predicted octanol–water partition coefficient (Wildman–Crippen LogP) is 5.41. The summed E-state index contributed by atoms with van der Waals surface area (Å²) in [6, 6.07) is 0.603. The Balaban J connectivity index is 2.80. The number of halogens is 4. The molecule has 0 aliphatic carbocycles. The molecular weight excluding hydrogens is 496 g/mol. The van der Waals surface area contributed by atoms with E-state index in [9.17, 15) is 0 Å². The number of hydrogen-bond acceptors (Lipinski definition) is 2. The standard InChI is InChI=1S/C11H10Br4N2O/c1-4(2)18-11-16-9-7(14)5(12)6(13)8(15)10(9)17(11)3/h4H,1-3H3. The highest BCUT2D eigenvalue weighted by molar-refractivity contribution is 9.15. The molecule has 3 nitrogen and oxygen atoms in total. The molecule has 1 aromatic heterocycles. The number of hydrogen-bond donors (Lipinski definition) is 0. The van der Waals surface area contributed by atoms with Gasteiger partial charge in [0.1, 0.15) is 5.52 Å². The third-order valence-corrected chi connectivity index (χ3v) is 7.12. The number of aromatic nitrogens is 2. The summed E-state index contributed by atoms with van der Waals surface area (Å²) in [5.41, 5.74) is 1.84. The molecule has 0 atom stereocenters. The average molecular weight is 506 g/mol. The van der Waals surface area contributed by atoms with Crippen LogP contribution in [0.1, 0.15) is 13.8 Å². The minimum absolute atomic E-state index is 0.0879. The second-order valence-electron chi connectivity index (χ2n) is 4.07. The van der Waals surface area contributed by atoms with E-state index in [4.69, 9.17) is 4.74 Å². The number of ether oxygens (including phenoxy) is 1. The Kier molecular flexibility index (Phi) is 4.46. The Morgan fingerprint density at radius 3 is 2.11 bits per heavy atom. The maximum absolute atomic E-state index is 5.70. The zero-order valence-electron chi connectivity index (χ0n) is 9.89. The quantitative estimate of drug-likeness (QED) is 0.403. The lowest BCUT2D eigenvalue weighted by Gasteiger charge is -2.09. The van der Waals surface area contributed by atoms with E-state index >= 15 is 0 Å². The first-order valence-corrected chi connectivity index (χ1v) is 8.36. The molecule has 0 fully saturated rings. The van der Waals surface area contributed by atoms with Crippen molar-refractivity contribution in [3.05, 3.63) is 17.9 Å². The Labute approximate surface area is 139 Å².